The molecule has 0 spiro atoms. The summed E-state index contributed by atoms with van der Waals surface area (Å²) in [6, 6.07) is 14.3. The monoisotopic (exact) mass is 295 g/mol. The SMILES string of the molecule is O=C(O)c1sc(-c2ccc3ccccc3c2)nc1C1CC1. The van der Waals surface area contributed by atoms with Gasteiger partial charge in [0.25, 0.3) is 0 Å². The topological polar surface area (TPSA) is 50.2 Å². The second-order valence-corrected chi connectivity index (χ2v) is 6.37. The van der Waals surface area contributed by atoms with E-state index in [1.54, 1.807) is 0 Å². The second-order valence-electron chi connectivity index (χ2n) is 5.37. The highest BCUT2D eigenvalue weighted by Crippen LogP contribution is 2.44. The summed E-state index contributed by atoms with van der Waals surface area (Å²) in [5.74, 6) is -0.511. The van der Waals surface area contributed by atoms with Gasteiger partial charge >= 0.3 is 5.97 Å². The highest BCUT2D eigenvalue weighted by Gasteiger charge is 2.32. The standard InChI is InChI=1S/C17H13NO2S/c19-17(20)15-14(11-6-7-11)18-16(21-15)13-8-5-10-3-1-2-4-12(10)9-13/h1-5,8-9,11H,6-7H2,(H,19,20). The van der Waals surface area contributed by atoms with Gasteiger partial charge in [0, 0.05) is 11.5 Å². The molecule has 1 heterocycles. The molecule has 0 aliphatic heterocycles. The lowest BCUT2D eigenvalue weighted by Crippen LogP contribution is -1.97. The van der Waals surface area contributed by atoms with Crippen molar-refractivity contribution in [3.63, 3.8) is 0 Å². The minimum atomic E-state index is -0.860. The first-order valence-electron chi connectivity index (χ1n) is 6.95. The molecule has 104 valence electrons. The summed E-state index contributed by atoms with van der Waals surface area (Å²) in [7, 11) is 0. The van der Waals surface area contributed by atoms with Crippen LogP contribution >= 0.6 is 11.3 Å². The van der Waals surface area contributed by atoms with E-state index in [4.69, 9.17) is 0 Å². The van der Waals surface area contributed by atoms with Crippen molar-refractivity contribution in [1.29, 1.82) is 0 Å². The Hall–Kier alpha value is -2.20. The van der Waals surface area contributed by atoms with Crippen LogP contribution in [0.15, 0.2) is 42.5 Å². The van der Waals surface area contributed by atoms with Gasteiger partial charge in [-0.1, -0.05) is 36.4 Å². The molecule has 1 aliphatic carbocycles. The van der Waals surface area contributed by atoms with Crippen LogP contribution in [0.5, 0.6) is 0 Å². The lowest BCUT2D eigenvalue weighted by Gasteiger charge is -2.00. The molecule has 0 unspecified atom stereocenters. The molecular weight excluding hydrogens is 282 g/mol. The summed E-state index contributed by atoms with van der Waals surface area (Å²) in [5, 5.41) is 12.5. The average molecular weight is 295 g/mol. The summed E-state index contributed by atoms with van der Waals surface area (Å²) in [6.45, 7) is 0. The first-order chi connectivity index (χ1) is 10.2. The van der Waals surface area contributed by atoms with E-state index in [2.05, 4.69) is 29.2 Å². The fraction of sp³-hybridized carbons (Fsp3) is 0.176. The van der Waals surface area contributed by atoms with Gasteiger partial charge in [-0.15, -0.1) is 11.3 Å². The Kier molecular flexibility index (Phi) is 2.79. The maximum absolute atomic E-state index is 11.4. The normalized spacial score (nSPS) is 14.5. The molecule has 1 fully saturated rings. The van der Waals surface area contributed by atoms with Crippen molar-refractivity contribution >= 4 is 28.1 Å². The van der Waals surface area contributed by atoms with Gasteiger partial charge in [-0.25, -0.2) is 9.78 Å². The van der Waals surface area contributed by atoms with Crippen molar-refractivity contribution in [3.8, 4) is 10.6 Å². The fourth-order valence-corrected chi connectivity index (χ4v) is 3.55. The molecule has 2 aromatic carbocycles. The number of fused-ring (bicyclic) bond motifs is 1. The zero-order valence-electron chi connectivity index (χ0n) is 11.2. The molecule has 4 heteroatoms. The summed E-state index contributed by atoms with van der Waals surface area (Å²) < 4.78 is 0. The number of nitrogens with zero attached hydrogens (tertiary/aromatic N) is 1. The number of rotatable bonds is 3. The van der Waals surface area contributed by atoms with Crippen molar-refractivity contribution in [2.45, 2.75) is 18.8 Å². The van der Waals surface area contributed by atoms with Crippen molar-refractivity contribution in [2.75, 3.05) is 0 Å². The number of aromatic carboxylic acids is 1. The van der Waals surface area contributed by atoms with E-state index in [1.807, 2.05) is 18.2 Å². The van der Waals surface area contributed by atoms with Crippen LogP contribution < -0.4 is 0 Å². The largest absolute Gasteiger partial charge is 0.477 e. The van der Waals surface area contributed by atoms with Gasteiger partial charge in [0.05, 0.1) is 5.69 Å². The second kappa shape index (κ2) is 4.67. The molecule has 3 nitrogen and oxygen atoms in total. The Morgan fingerprint density at radius 2 is 1.90 bits per heavy atom. The maximum atomic E-state index is 11.4. The lowest BCUT2D eigenvalue weighted by molar-refractivity contribution is 0.0700. The van der Waals surface area contributed by atoms with Gasteiger partial charge in [0.15, 0.2) is 0 Å². The van der Waals surface area contributed by atoms with Crippen LogP contribution in [0.25, 0.3) is 21.3 Å². The zero-order valence-corrected chi connectivity index (χ0v) is 12.1. The molecule has 3 aromatic rings. The number of aromatic nitrogens is 1. The Labute approximate surface area is 125 Å². The van der Waals surface area contributed by atoms with Crippen LogP contribution in [0.4, 0.5) is 0 Å². The zero-order chi connectivity index (χ0) is 14.4. The number of thiazole rings is 1. The predicted molar refractivity (Wildman–Crippen MR) is 84.0 cm³/mol. The summed E-state index contributed by atoms with van der Waals surface area (Å²) >= 11 is 1.29. The molecule has 1 N–H and O–H groups in total. The van der Waals surface area contributed by atoms with Crippen LogP contribution in [0.3, 0.4) is 0 Å². The van der Waals surface area contributed by atoms with Gasteiger partial charge in [0.1, 0.15) is 9.88 Å². The molecule has 0 radical (unpaired) electrons. The molecule has 1 aromatic heterocycles. The number of benzene rings is 2. The average Bonchev–Trinajstić information content (AvgIpc) is 3.25. The third kappa shape index (κ3) is 2.21. The van der Waals surface area contributed by atoms with Crippen LogP contribution in [0.2, 0.25) is 0 Å². The summed E-state index contributed by atoms with van der Waals surface area (Å²) in [5.41, 5.74) is 1.77. The molecule has 1 saturated carbocycles. The molecule has 0 bridgehead atoms. The minimum absolute atomic E-state index is 0.349. The van der Waals surface area contributed by atoms with Crippen LogP contribution in [0.1, 0.15) is 34.1 Å². The molecular formula is C17H13NO2S. The number of carbonyl (C=O) groups is 1. The van der Waals surface area contributed by atoms with Crippen molar-refractivity contribution in [1.82, 2.24) is 4.98 Å². The lowest BCUT2D eigenvalue weighted by atomic mass is 10.1. The van der Waals surface area contributed by atoms with E-state index in [9.17, 15) is 9.90 Å². The molecule has 0 atom stereocenters. The molecule has 4 rings (SSSR count). The molecule has 21 heavy (non-hydrogen) atoms. The Morgan fingerprint density at radius 1 is 1.14 bits per heavy atom. The van der Waals surface area contributed by atoms with E-state index in [1.165, 1.54) is 16.7 Å². The molecule has 0 amide bonds. The van der Waals surface area contributed by atoms with E-state index >= 15 is 0 Å². The quantitative estimate of drug-likeness (QED) is 0.771. The molecule has 1 aliphatic rings. The van der Waals surface area contributed by atoms with Gasteiger partial charge in [-0.2, -0.15) is 0 Å². The number of carboxylic acids is 1. The molecule has 0 saturated heterocycles. The Morgan fingerprint density at radius 3 is 2.62 bits per heavy atom. The van der Waals surface area contributed by atoms with Crippen LogP contribution in [-0.2, 0) is 0 Å². The van der Waals surface area contributed by atoms with Gasteiger partial charge in [-0.3, -0.25) is 0 Å². The summed E-state index contributed by atoms with van der Waals surface area (Å²) in [6.07, 6.45) is 2.11. The number of carboxylic acid groups (broad SMARTS) is 1. The van der Waals surface area contributed by atoms with E-state index < -0.39 is 5.97 Å². The predicted octanol–water partition coefficient (Wildman–Crippen LogP) is 4.54. The maximum Gasteiger partial charge on any atom is 0.347 e. The first-order valence-corrected chi connectivity index (χ1v) is 7.77. The van der Waals surface area contributed by atoms with Crippen LogP contribution in [-0.4, -0.2) is 16.1 Å². The fourth-order valence-electron chi connectivity index (χ4n) is 2.56. The minimum Gasteiger partial charge on any atom is -0.477 e. The van der Waals surface area contributed by atoms with E-state index in [0.29, 0.717) is 10.8 Å². The summed E-state index contributed by atoms with van der Waals surface area (Å²) in [4.78, 5) is 16.4. The van der Waals surface area contributed by atoms with Gasteiger partial charge in [-0.05, 0) is 29.7 Å². The third-order valence-corrected chi connectivity index (χ3v) is 4.92. The van der Waals surface area contributed by atoms with E-state index in [-0.39, 0.29) is 0 Å². The van der Waals surface area contributed by atoms with Gasteiger partial charge < -0.3 is 5.11 Å². The van der Waals surface area contributed by atoms with Crippen LogP contribution in [0, 0.1) is 0 Å². The number of hydrogen-bond acceptors (Lipinski definition) is 3. The van der Waals surface area contributed by atoms with Crippen molar-refractivity contribution in [3.05, 3.63) is 53.0 Å². The van der Waals surface area contributed by atoms with Crippen molar-refractivity contribution in [2.24, 2.45) is 0 Å². The Balaban J connectivity index is 1.84. The Bertz CT molecular complexity index is 849. The smallest absolute Gasteiger partial charge is 0.347 e. The highest BCUT2D eigenvalue weighted by molar-refractivity contribution is 7.17. The first kappa shape index (κ1) is 12.5. The van der Waals surface area contributed by atoms with Gasteiger partial charge in [0.2, 0.25) is 0 Å². The highest BCUT2D eigenvalue weighted by atomic mass is 32.1. The van der Waals surface area contributed by atoms with E-state index in [0.717, 1.165) is 34.5 Å². The number of hydrogen-bond donors (Lipinski definition) is 1. The third-order valence-electron chi connectivity index (χ3n) is 3.81. The van der Waals surface area contributed by atoms with Crippen molar-refractivity contribution < 1.29 is 9.90 Å².